The minimum absolute atomic E-state index is 0.0380. The Morgan fingerprint density at radius 1 is 0.516 bits per heavy atom. The van der Waals surface area contributed by atoms with E-state index in [0.29, 0.717) is 6.61 Å². The van der Waals surface area contributed by atoms with Gasteiger partial charge in [0.2, 0.25) is 0 Å². The SMILES string of the molecule is CC(COP(c1ccccc1)c1ccccc1)OP(c1ccccc1)c1ccccc1. The summed E-state index contributed by atoms with van der Waals surface area (Å²) in [5.74, 6) is 0. The van der Waals surface area contributed by atoms with E-state index in [2.05, 4.69) is 104 Å². The van der Waals surface area contributed by atoms with Gasteiger partial charge in [0.25, 0.3) is 0 Å². The summed E-state index contributed by atoms with van der Waals surface area (Å²) in [6.45, 7) is 2.64. The first-order chi connectivity index (χ1) is 15.3. The highest BCUT2D eigenvalue weighted by Gasteiger charge is 2.21. The molecule has 4 aromatic rings. The van der Waals surface area contributed by atoms with E-state index in [1.54, 1.807) is 0 Å². The van der Waals surface area contributed by atoms with Gasteiger partial charge in [0.1, 0.15) is 0 Å². The third kappa shape index (κ3) is 6.10. The van der Waals surface area contributed by atoms with Gasteiger partial charge in [-0.2, -0.15) is 0 Å². The van der Waals surface area contributed by atoms with Crippen LogP contribution >= 0.6 is 16.3 Å². The maximum atomic E-state index is 6.59. The predicted molar refractivity (Wildman–Crippen MR) is 135 cm³/mol. The minimum atomic E-state index is -0.902. The molecule has 0 bridgehead atoms. The lowest BCUT2D eigenvalue weighted by Gasteiger charge is -2.25. The highest BCUT2D eigenvalue weighted by Crippen LogP contribution is 2.39. The summed E-state index contributed by atoms with van der Waals surface area (Å²) < 4.78 is 13.1. The lowest BCUT2D eigenvalue weighted by molar-refractivity contribution is 0.172. The fraction of sp³-hybridized carbons (Fsp3) is 0.111. The maximum absolute atomic E-state index is 6.59. The van der Waals surface area contributed by atoms with E-state index in [-0.39, 0.29) is 6.10 Å². The van der Waals surface area contributed by atoms with Crippen molar-refractivity contribution in [2.45, 2.75) is 13.0 Å². The molecule has 156 valence electrons. The molecule has 1 atom stereocenters. The fourth-order valence-electron chi connectivity index (χ4n) is 3.21. The average molecular weight is 444 g/mol. The standard InChI is InChI=1S/C27H26O2P2/c1-23(29-31(26-18-10-4-11-19-26)27-20-12-5-13-21-27)22-28-30(24-14-6-2-7-15-24)25-16-8-3-9-17-25/h2-21,23H,22H2,1H3. The Kier molecular flexibility index (Phi) is 7.99. The second kappa shape index (κ2) is 11.3. The van der Waals surface area contributed by atoms with Crippen molar-refractivity contribution in [3.8, 4) is 0 Å². The third-order valence-corrected chi connectivity index (χ3v) is 8.73. The molecule has 0 spiro atoms. The van der Waals surface area contributed by atoms with Crippen molar-refractivity contribution in [1.82, 2.24) is 0 Å². The first-order valence-corrected chi connectivity index (χ1v) is 12.9. The van der Waals surface area contributed by atoms with Crippen LogP contribution in [0.5, 0.6) is 0 Å². The van der Waals surface area contributed by atoms with Crippen LogP contribution in [0.2, 0.25) is 0 Å². The van der Waals surface area contributed by atoms with E-state index >= 15 is 0 Å². The van der Waals surface area contributed by atoms with Crippen molar-refractivity contribution in [2.75, 3.05) is 6.61 Å². The molecule has 0 N–H and O–H groups in total. The van der Waals surface area contributed by atoms with Crippen molar-refractivity contribution in [2.24, 2.45) is 0 Å². The Morgan fingerprint density at radius 3 is 1.19 bits per heavy atom. The van der Waals surface area contributed by atoms with Gasteiger partial charge in [0.05, 0.1) is 29.0 Å². The van der Waals surface area contributed by atoms with E-state index in [9.17, 15) is 0 Å². The molecular weight excluding hydrogens is 418 g/mol. The second-order valence-corrected chi connectivity index (χ2v) is 10.9. The average Bonchev–Trinajstić information content (AvgIpc) is 2.85. The Labute approximate surface area is 187 Å². The lowest BCUT2D eigenvalue weighted by Crippen LogP contribution is -2.22. The molecule has 0 amide bonds. The Morgan fingerprint density at radius 2 is 0.839 bits per heavy atom. The van der Waals surface area contributed by atoms with E-state index in [4.69, 9.17) is 9.05 Å². The zero-order valence-electron chi connectivity index (χ0n) is 17.5. The van der Waals surface area contributed by atoms with Crippen LogP contribution in [0.3, 0.4) is 0 Å². The third-order valence-electron chi connectivity index (χ3n) is 4.69. The summed E-state index contributed by atoms with van der Waals surface area (Å²) in [5, 5.41) is 4.85. The molecule has 0 saturated carbocycles. The minimum Gasteiger partial charge on any atom is -0.347 e. The highest BCUT2D eigenvalue weighted by molar-refractivity contribution is 7.69. The van der Waals surface area contributed by atoms with Crippen LogP contribution < -0.4 is 21.2 Å². The molecule has 0 aliphatic heterocycles. The molecule has 0 saturated heterocycles. The predicted octanol–water partition coefficient (Wildman–Crippen LogP) is 5.50. The highest BCUT2D eigenvalue weighted by atomic mass is 31.1. The van der Waals surface area contributed by atoms with Crippen molar-refractivity contribution >= 4 is 37.5 Å². The van der Waals surface area contributed by atoms with Gasteiger partial charge in [-0.1, -0.05) is 121 Å². The summed E-state index contributed by atoms with van der Waals surface area (Å²) in [6, 6.07) is 41.9. The normalized spacial score (nSPS) is 12.2. The summed E-state index contributed by atoms with van der Waals surface area (Å²) in [6.07, 6.45) is -0.0380. The zero-order chi connectivity index (χ0) is 21.3. The first kappa shape index (κ1) is 21.9. The molecule has 4 aromatic carbocycles. The summed E-state index contributed by atoms with van der Waals surface area (Å²) >= 11 is 0. The molecule has 0 aromatic heterocycles. The Balaban J connectivity index is 1.50. The summed E-state index contributed by atoms with van der Waals surface area (Å²) in [4.78, 5) is 0. The Bertz CT molecular complexity index is 949. The molecule has 1 unspecified atom stereocenters. The van der Waals surface area contributed by atoms with Crippen molar-refractivity contribution in [1.29, 1.82) is 0 Å². The van der Waals surface area contributed by atoms with E-state index in [1.165, 1.54) is 21.2 Å². The fourth-order valence-corrected chi connectivity index (χ4v) is 6.90. The zero-order valence-corrected chi connectivity index (χ0v) is 19.3. The monoisotopic (exact) mass is 444 g/mol. The van der Waals surface area contributed by atoms with Crippen LogP contribution in [0.15, 0.2) is 121 Å². The van der Waals surface area contributed by atoms with Gasteiger partial charge in [0, 0.05) is 21.2 Å². The van der Waals surface area contributed by atoms with Crippen LogP contribution in [0.25, 0.3) is 0 Å². The van der Waals surface area contributed by atoms with Crippen LogP contribution in [0.1, 0.15) is 6.92 Å². The van der Waals surface area contributed by atoms with Gasteiger partial charge < -0.3 is 9.05 Å². The molecule has 0 fully saturated rings. The van der Waals surface area contributed by atoms with Gasteiger partial charge in [0.15, 0.2) is 0 Å². The lowest BCUT2D eigenvalue weighted by atomic mass is 10.4. The van der Waals surface area contributed by atoms with E-state index < -0.39 is 16.3 Å². The van der Waals surface area contributed by atoms with Gasteiger partial charge in [-0.15, -0.1) is 0 Å². The largest absolute Gasteiger partial charge is 0.347 e. The molecule has 31 heavy (non-hydrogen) atoms. The van der Waals surface area contributed by atoms with Crippen molar-refractivity contribution < 1.29 is 9.05 Å². The smallest absolute Gasteiger partial charge is 0.0922 e. The molecule has 0 radical (unpaired) electrons. The first-order valence-electron chi connectivity index (χ1n) is 10.4. The molecule has 4 rings (SSSR count). The molecule has 0 heterocycles. The van der Waals surface area contributed by atoms with Gasteiger partial charge in [-0.3, -0.25) is 0 Å². The molecule has 0 aliphatic rings. The van der Waals surface area contributed by atoms with Crippen molar-refractivity contribution in [3.63, 3.8) is 0 Å². The topological polar surface area (TPSA) is 18.5 Å². The molecule has 2 nitrogen and oxygen atoms in total. The molecule has 4 heteroatoms. The van der Waals surface area contributed by atoms with Crippen LogP contribution in [-0.2, 0) is 9.05 Å². The quantitative estimate of drug-likeness (QED) is 0.317. The second-order valence-electron chi connectivity index (χ2n) is 7.14. The maximum Gasteiger partial charge on any atom is 0.0922 e. The van der Waals surface area contributed by atoms with E-state index in [0.717, 1.165) is 0 Å². The van der Waals surface area contributed by atoms with E-state index in [1.807, 2.05) is 24.3 Å². The van der Waals surface area contributed by atoms with Gasteiger partial charge >= 0.3 is 0 Å². The number of hydrogen-bond donors (Lipinski definition) is 0. The van der Waals surface area contributed by atoms with Gasteiger partial charge in [-0.25, -0.2) is 0 Å². The number of rotatable bonds is 9. The summed E-state index contributed by atoms with van der Waals surface area (Å²) in [5.41, 5.74) is 0. The molecular formula is C27H26O2P2. The van der Waals surface area contributed by atoms with Crippen LogP contribution in [-0.4, -0.2) is 12.7 Å². The molecule has 0 aliphatic carbocycles. The Hall–Kier alpha value is -2.34. The number of benzene rings is 4. The van der Waals surface area contributed by atoms with Crippen molar-refractivity contribution in [3.05, 3.63) is 121 Å². The number of hydrogen-bond acceptors (Lipinski definition) is 2. The summed E-state index contributed by atoms with van der Waals surface area (Å²) in [7, 11) is -1.79. The van der Waals surface area contributed by atoms with Gasteiger partial charge in [-0.05, 0) is 6.92 Å². The van der Waals surface area contributed by atoms with Crippen LogP contribution in [0.4, 0.5) is 0 Å². The van der Waals surface area contributed by atoms with Crippen LogP contribution in [0, 0.1) is 0 Å².